The number of carbonyl (C=O) groups is 1. The minimum atomic E-state index is -0.474. The van der Waals surface area contributed by atoms with Gasteiger partial charge in [0.25, 0.3) is 5.91 Å². The number of amides is 1. The Morgan fingerprint density at radius 2 is 1.89 bits per heavy atom. The molecule has 0 aliphatic carbocycles. The van der Waals surface area contributed by atoms with Crippen LogP contribution in [0.2, 0.25) is 5.02 Å². The molecule has 0 saturated carbocycles. The summed E-state index contributed by atoms with van der Waals surface area (Å²) in [6, 6.07) is 12.5. The normalized spacial score (nSPS) is 10.4. The van der Waals surface area contributed by atoms with E-state index in [0.717, 1.165) is 0 Å². The molecule has 0 aliphatic rings. The predicted octanol–water partition coefficient (Wildman–Crippen LogP) is 4.58. The molecular weight excluding hydrogens is 371 g/mol. The van der Waals surface area contributed by atoms with Gasteiger partial charge >= 0.3 is 0 Å². The average molecular weight is 387 g/mol. The first-order valence-corrected chi connectivity index (χ1v) is 8.36. The lowest BCUT2D eigenvalue weighted by molar-refractivity contribution is 0.102. The van der Waals surface area contributed by atoms with Gasteiger partial charge in [-0.1, -0.05) is 23.7 Å². The summed E-state index contributed by atoms with van der Waals surface area (Å²) in [5, 5.41) is 6.01. The molecule has 0 fully saturated rings. The molecule has 138 valence electrons. The lowest BCUT2D eigenvalue weighted by Crippen LogP contribution is -2.16. The number of para-hydroxylation sites is 1. The Morgan fingerprint density at radius 1 is 1.11 bits per heavy atom. The Morgan fingerprint density at radius 3 is 2.63 bits per heavy atom. The van der Waals surface area contributed by atoms with E-state index in [2.05, 4.69) is 20.6 Å². The van der Waals surface area contributed by atoms with Crippen LogP contribution in [0.4, 0.5) is 21.6 Å². The van der Waals surface area contributed by atoms with Gasteiger partial charge in [-0.2, -0.15) is 0 Å². The minimum Gasteiger partial charge on any atom is -0.495 e. The summed E-state index contributed by atoms with van der Waals surface area (Å²) in [5.74, 6) is 0.222. The van der Waals surface area contributed by atoms with Crippen molar-refractivity contribution in [3.8, 4) is 5.75 Å². The van der Waals surface area contributed by atoms with Crippen LogP contribution in [0.25, 0.3) is 0 Å². The molecule has 0 radical (unpaired) electrons. The molecular formula is C19H16ClFN4O2. The Hall–Kier alpha value is -3.19. The summed E-state index contributed by atoms with van der Waals surface area (Å²) >= 11 is 5.98. The fourth-order valence-electron chi connectivity index (χ4n) is 2.41. The molecule has 8 heteroatoms. The van der Waals surface area contributed by atoms with Crippen LogP contribution in [-0.2, 0) is 0 Å². The van der Waals surface area contributed by atoms with E-state index in [4.69, 9.17) is 16.3 Å². The van der Waals surface area contributed by atoms with Crippen LogP contribution in [0.1, 0.15) is 16.3 Å². The molecule has 1 aromatic heterocycles. The molecule has 3 rings (SSSR count). The van der Waals surface area contributed by atoms with Crippen molar-refractivity contribution in [1.29, 1.82) is 0 Å². The monoisotopic (exact) mass is 386 g/mol. The van der Waals surface area contributed by atoms with Gasteiger partial charge in [-0.05, 0) is 37.3 Å². The van der Waals surface area contributed by atoms with Crippen LogP contribution < -0.4 is 15.4 Å². The molecule has 2 N–H and O–H groups in total. The summed E-state index contributed by atoms with van der Waals surface area (Å²) in [7, 11) is 1.49. The zero-order valence-corrected chi connectivity index (χ0v) is 15.3. The number of aromatic nitrogens is 2. The number of aryl methyl sites for hydroxylation is 1. The van der Waals surface area contributed by atoms with E-state index in [1.165, 1.54) is 19.2 Å². The third kappa shape index (κ3) is 4.51. The Labute approximate surface area is 160 Å². The summed E-state index contributed by atoms with van der Waals surface area (Å²) in [5.41, 5.74) is 0.775. The van der Waals surface area contributed by atoms with Crippen LogP contribution >= 0.6 is 11.6 Å². The van der Waals surface area contributed by atoms with Crippen molar-refractivity contribution in [2.24, 2.45) is 0 Å². The van der Waals surface area contributed by atoms with Crippen molar-refractivity contribution in [2.45, 2.75) is 6.92 Å². The second-order valence-electron chi connectivity index (χ2n) is 5.59. The van der Waals surface area contributed by atoms with E-state index in [-0.39, 0.29) is 11.4 Å². The molecule has 27 heavy (non-hydrogen) atoms. The zero-order valence-electron chi connectivity index (χ0n) is 14.6. The molecule has 1 amide bonds. The third-order valence-corrected chi connectivity index (χ3v) is 3.85. The number of rotatable bonds is 5. The summed E-state index contributed by atoms with van der Waals surface area (Å²) in [6.07, 6.45) is 0. The molecule has 0 atom stereocenters. The molecule has 0 unspecified atom stereocenters. The highest BCUT2D eigenvalue weighted by Gasteiger charge is 2.14. The largest absolute Gasteiger partial charge is 0.495 e. The van der Waals surface area contributed by atoms with E-state index >= 15 is 0 Å². The molecule has 0 saturated heterocycles. The van der Waals surface area contributed by atoms with Gasteiger partial charge in [-0.15, -0.1) is 0 Å². The van der Waals surface area contributed by atoms with Gasteiger partial charge in [-0.3, -0.25) is 4.79 Å². The van der Waals surface area contributed by atoms with Crippen LogP contribution in [0.15, 0.2) is 48.5 Å². The van der Waals surface area contributed by atoms with E-state index in [1.54, 1.807) is 43.3 Å². The highest BCUT2D eigenvalue weighted by Crippen LogP contribution is 2.28. The molecule has 0 bridgehead atoms. The predicted molar refractivity (Wildman–Crippen MR) is 102 cm³/mol. The maximum atomic E-state index is 13.8. The Kier molecular flexibility index (Phi) is 5.52. The highest BCUT2D eigenvalue weighted by atomic mass is 35.5. The number of hydrogen-bond donors (Lipinski definition) is 2. The summed E-state index contributed by atoms with van der Waals surface area (Å²) < 4.78 is 19.0. The SMILES string of the molecule is COc1ccc(Cl)cc1NC(=O)c1cc(Nc2ccccc2F)nc(C)n1. The van der Waals surface area contributed by atoms with Gasteiger partial charge in [0.2, 0.25) is 0 Å². The quantitative estimate of drug-likeness (QED) is 0.671. The second-order valence-corrected chi connectivity index (χ2v) is 6.03. The number of hydrogen-bond acceptors (Lipinski definition) is 5. The van der Waals surface area contributed by atoms with Gasteiger partial charge in [0.15, 0.2) is 0 Å². The van der Waals surface area contributed by atoms with Crippen molar-refractivity contribution >= 4 is 34.7 Å². The Balaban J connectivity index is 1.86. The average Bonchev–Trinajstić information content (AvgIpc) is 2.63. The van der Waals surface area contributed by atoms with Crippen LogP contribution in [0.3, 0.4) is 0 Å². The first-order valence-electron chi connectivity index (χ1n) is 7.98. The fraction of sp³-hybridized carbons (Fsp3) is 0.105. The molecule has 2 aromatic carbocycles. The molecule has 3 aromatic rings. The highest BCUT2D eigenvalue weighted by molar-refractivity contribution is 6.31. The van der Waals surface area contributed by atoms with Crippen molar-refractivity contribution in [2.75, 3.05) is 17.7 Å². The molecule has 6 nitrogen and oxygen atoms in total. The third-order valence-electron chi connectivity index (χ3n) is 3.62. The van der Waals surface area contributed by atoms with Gasteiger partial charge in [0.05, 0.1) is 18.5 Å². The standard InChI is InChI=1S/C19H16ClFN4O2/c1-11-22-16(10-18(23-11)24-14-6-4-3-5-13(14)21)19(26)25-15-9-12(20)7-8-17(15)27-2/h3-10H,1-2H3,(H,25,26)(H,22,23,24). The molecule has 1 heterocycles. The smallest absolute Gasteiger partial charge is 0.274 e. The molecule has 0 spiro atoms. The molecule has 0 aliphatic heterocycles. The van der Waals surface area contributed by atoms with Gasteiger partial charge in [0, 0.05) is 11.1 Å². The number of ether oxygens (including phenoxy) is 1. The van der Waals surface area contributed by atoms with Crippen molar-refractivity contribution in [3.63, 3.8) is 0 Å². The number of methoxy groups -OCH3 is 1. The van der Waals surface area contributed by atoms with Gasteiger partial charge in [-0.25, -0.2) is 14.4 Å². The van der Waals surface area contributed by atoms with Crippen LogP contribution in [0.5, 0.6) is 5.75 Å². The van der Waals surface area contributed by atoms with E-state index in [0.29, 0.717) is 28.1 Å². The maximum absolute atomic E-state index is 13.8. The summed E-state index contributed by atoms with van der Waals surface area (Å²) in [4.78, 5) is 20.9. The zero-order chi connectivity index (χ0) is 19.4. The fourth-order valence-corrected chi connectivity index (χ4v) is 2.58. The second kappa shape index (κ2) is 8.01. The van der Waals surface area contributed by atoms with E-state index in [1.807, 2.05) is 0 Å². The number of nitrogens with zero attached hydrogens (tertiary/aromatic N) is 2. The van der Waals surface area contributed by atoms with Crippen LogP contribution in [-0.4, -0.2) is 23.0 Å². The number of halogens is 2. The number of benzene rings is 2. The van der Waals surface area contributed by atoms with Gasteiger partial charge < -0.3 is 15.4 Å². The van der Waals surface area contributed by atoms with Crippen LogP contribution in [0, 0.1) is 12.7 Å². The van der Waals surface area contributed by atoms with Crippen molar-refractivity contribution in [3.05, 3.63) is 70.9 Å². The topological polar surface area (TPSA) is 76.1 Å². The van der Waals surface area contributed by atoms with Crippen molar-refractivity contribution < 1.29 is 13.9 Å². The maximum Gasteiger partial charge on any atom is 0.274 e. The summed E-state index contributed by atoms with van der Waals surface area (Å²) in [6.45, 7) is 1.64. The number of carbonyl (C=O) groups excluding carboxylic acids is 1. The Bertz CT molecular complexity index is 997. The minimum absolute atomic E-state index is 0.114. The number of anilines is 3. The lowest BCUT2D eigenvalue weighted by atomic mass is 10.2. The van der Waals surface area contributed by atoms with E-state index in [9.17, 15) is 9.18 Å². The van der Waals surface area contributed by atoms with Crippen molar-refractivity contribution in [1.82, 2.24) is 9.97 Å². The number of nitrogens with one attached hydrogen (secondary N) is 2. The lowest BCUT2D eigenvalue weighted by Gasteiger charge is -2.12. The first kappa shape index (κ1) is 18.6. The van der Waals surface area contributed by atoms with Gasteiger partial charge in [0.1, 0.15) is 28.9 Å². The van der Waals surface area contributed by atoms with E-state index < -0.39 is 11.7 Å². The first-order chi connectivity index (χ1) is 13.0.